The van der Waals surface area contributed by atoms with Crippen molar-refractivity contribution >= 4 is 21.6 Å². The number of nitrogens with zero attached hydrogens (tertiary/aromatic N) is 1. The topological polar surface area (TPSA) is 66.5 Å². The van der Waals surface area contributed by atoms with Crippen molar-refractivity contribution in [1.29, 1.82) is 0 Å². The van der Waals surface area contributed by atoms with Gasteiger partial charge in [-0.3, -0.25) is 4.79 Å². The van der Waals surface area contributed by atoms with E-state index in [9.17, 15) is 17.6 Å². The zero-order valence-corrected chi connectivity index (χ0v) is 13.7. The Balaban J connectivity index is 1.81. The predicted molar refractivity (Wildman–Crippen MR) is 88.4 cm³/mol. The number of anilines is 1. The Labute approximate surface area is 140 Å². The van der Waals surface area contributed by atoms with Crippen LogP contribution in [0.5, 0.6) is 0 Å². The van der Waals surface area contributed by atoms with E-state index in [4.69, 9.17) is 0 Å². The number of halogens is 1. The smallest absolute Gasteiger partial charge is 0.243 e. The molecule has 1 aliphatic heterocycles. The second-order valence-corrected chi connectivity index (χ2v) is 7.48. The number of nitrogens with one attached hydrogen (secondary N) is 1. The molecule has 1 heterocycles. The Morgan fingerprint density at radius 2 is 1.88 bits per heavy atom. The molecule has 1 atom stereocenters. The van der Waals surface area contributed by atoms with Crippen LogP contribution in [-0.2, 0) is 14.8 Å². The maximum Gasteiger partial charge on any atom is 0.243 e. The molecule has 0 spiro atoms. The number of carbonyl (C=O) groups is 1. The van der Waals surface area contributed by atoms with Crippen molar-refractivity contribution in [2.45, 2.75) is 23.8 Å². The summed E-state index contributed by atoms with van der Waals surface area (Å²) in [4.78, 5) is 12.6. The van der Waals surface area contributed by atoms with E-state index in [1.807, 2.05) is 0 Å². The molecule has 0 saturated carbocycles. The van der Waals surface area contributed by atoms with Crippen LogP contribution < -0.4 is 5.32 Å². The second kappa shape index (κ2) is 6.70. The fourth-order valence-electron chi connectivity index (χ4n) is 2.81. The van der Waals surface area contributed by atoms with E-state index in [1.54, 1.807) is 24.3 Å². The fraction of sp³-hybridized carbons (Fsp3) is 0.235. The molecule has 2 aromatic rings. The average Bonchev–Trinajstić information content (AvgIpc) is 3.06. The third-order valence-corrected chi connectivity index (χ3v) is 5.87. The summed E-state index contributed by atoms with van der Waals surface area (Å²) in [5.74, 6) is -0.911. The highest BCUT2D eigenvalue weighted by Crippen LogP contribution is 2.27. The third kappa shape index (κ3) is 3.32. The maximum atomic E-state index is 13.2. The summed E-state index contributed by atoms with van der Waals surface area (Å²) < 4.78 is 39.9. The number of sulfonamides is 1. The molecule has 0 aliphatic carbocycles. The van der Waals surface area contributed by atoms with Gasteiger partial charge in [-0.2, -0.15) is 4.31 Å². The monoisotopic (exact) mass is 348 g/mol. The van der Waals surface area contributed by atoms with Gasteiger partial charge in [-0.25, -0.2) is 12.8 Å². The molecule has 1 fully saturated rings. The van der Waals surface area contributed by atoms with E-state index in [2.05, 4.69) is 5.32 Å². The fourth-order valence-corrected chi connectivity index (χ4v) is 4.49. The van der Waals surface area contributed by atoms with Crippen LogP contribution >= 0.6 is 0 Å². The number of hydrogen-bond acceptors (Lipinski definition) is 3. The van der Waals surface area contributed by atoms with Crippen LogP contribution in [0.25, 0.3) is 0 Å². The van der Waals surface area contributed by atoms with E-state index in [-0.39, 0.29) is 4.90 Å². The summed E-state index contributed by atoms with van der Waals surface area (Å²) >= 11 is 0. The molecule has 126 valence electrons. The van der Waals surface area contributed by atoms with Crippen LogP contribution in [0.2, 0.25) is 0 Å². The van der Waals surface area contributed by atoms with Gasteiger partial charge < -0.3 is 5.32 Å². The lowest BCUT2D eigenvalue weighted by atomic mass is 10.2. The van der Waals surface area contributed by atoms with Crippen LogP contribution in [0.4, 0.5) is 10.1 Å². The molecule has 1 unspecified atom stereocenters. The number of hydrogen-bond donors (Lipinski definition) is 1. The van der Waals surface area contributed by atoms with Crippen molar-refractivity contribution in [2.24, 2.45) is 0 Å². The molecule has 1 saturated heterocycles. The number of carbonyl (C=O) groups excluding carboxylic acids is 1. The van der Waals surface area contributed by atoms with E-state index in [1.165, 1.54) is 34.6 Å². The van der Waals surface area contributed by atoms with Crippen molar-refractivity contribution in [2.75, 3.05) is 11.9 Å². The number of amides is 1. The molecule has 1 aliphatic rings. The zero-order valence-electron chi connectivity index (χ0n) is 12.9. The summed E-state index contributed by atoms with van der Waals surface area (Å²) in [7, 11) is -3.73. The minimum atomic E-state index is -3.73. The van der Waals surface area contributed by atoms with Gasteiger partial charge in [0.25, 0.3) is 0 Å². The minimum absolute atomic E-state index is 0.162. The van der Waals surface area contributed by atoms with Crippen LogP contribution in [0.1, 0.15) is 12.8 Å². The Bertz CT molecular complexity index is 840. The van der Waals surface area contributed by atoms with E-state index in [0.29, 0.717) is 25.1 Å². The van der Waals surface area contributed by atoms with Gasteiger partial charge in [-0.05, 0) is 43.2 Å². The van der Waals surface area contributed by atoms with E-state index in [0.717, 1.165) is 0 Å². The molecule has 0 aromatic heterocycles. The molecule has 1 amide bonds. The first-order valence-corrected chi connectivity index (χ1v) is 9.06. The largest absolute Gasteiger partial charge is 0.325 e. The first-order chi connectivity index (χ1) is 11.5. The molecule has 0 radical (unpaired) electrons. The summed E-state index contributed by atoms with van der Waals surface area (Å²) in [5, 5.41) is 2.59. The first-order valence-electron chi connectivity index (χ1n) is 7.62. The standard InChI is InChI=1S/C17H17FN2O3S/c18-13-6-4-7-14(12-13)19-17(21)16-10-5-11-20(16)24(22,23)15-8-2-1-3-9-15/h1-4,6-9,12,16H,5,10-11H2,(H,19,21). The SMILES string of the molecule is O=C(Nc1cccc(F)c1)C1CCCN1S(=O)(=O)c1ccccc1. The highest BCUT2D eigenvalue weighted by Gasteiger charge is 2.39. The molecule has 2 aromatic carbocycles. The highest BCUT2D eigenvalue weighted by molar-refractivity contribution is 7.89. The number of benzene rings is 2. The van der Waals surface area contributed by atoms with Crippen molar-refractivity contribution in [1.82, 2.24) is 4.31 Å². The molecule has 0 bridgehead atoms. The second-order valence-electron chi connectivity index (χ2n) is 5.59. The van der Waals surface area contributed by atoms with Gasteiger partial charge in [-0.15, -0.1) is 0 Å². The first kappa shape index (κ1) is 16.6. The van der Waals surface area contributed by atoms with Crippen LogP contribution in [-0.4, -0.2) is 31.2 Å². The lowest BCUT2D eigenvalue weighted by molar-refractivity contribution is -0.119. The number of rotatable bonds is 4. The maximum absolute atomic E-state index is 13.2. The van der Waals surface area contributed by atoms with E-state index >= 15 is 0 Å². The molecular formula is C17H17FN2O3S. The predicted octanol–water partition coefficient (Wildman–Crippen LogP) is 2.62. The Morgan fingerprint density at radius 3 is 2.58 bits per heavy atom. The Morgan fingerprint density at radius 1 is 1.12 bits per heavy atom. The summed E-state index contributed by atoms with van der Waals surface area (Å²) in [6.07, 6.45) is 1.04. The lowest BCUT2D eigenvalue weighted by Crippen LogP contribution is -2.43. The molecule has 24 heavy (non-hydrogen) atoms. The van der Waals surface area contributed by atoms with Crippen LogP contribution in [0, 0.1) is 5.82 Å². The van der Waals surface area contributed by atoms with E-state index < -0.39 is 27.8 Å². The van der Waals surface area contributed by atoms with Crippen molar-refractivity contribution in [3.63, 3.8) is 0 Å². The minimum Gasteiger partial charge on any atom is -0.325 e. The van der Waals surface area contributed by atoms with Crippen LogP contribution in [0.15, 0.2) is 59.5 Å². The Kier molecular flexibility index (Phi) is 4.64. The van der Waals surface area contributed by atoms with Gasteiger partial charge in [0.05, 0.1) is 4.90 Å². The Hall–Kier alpha value is -2.25. The lowest BCUT2D eigenvalue weighted by Gasteiger charge is -2.23. The third-order valence-electron chi connectivity index (χ3n) is 3.95. The molecule has 1 N–H and O–H groups in total. The normalized spacial score (nSPS) is 18.5. The summed E-state index contributed by atoms with van der Waals surface area (Å²) in [6, 6.07) is 12.8. The van der Waals surface area contributed by atoms with Crippen LogP contribution in [0.3, 0.4) is 0 Å². The molecule has 3 rings (SSSR count). The van der Waals surface area contributed by atoms with Gasteiger partial charge in [0.15, 0.2) is 0 Å². The van der Waals surface area contributed by atoms with Gasteiger partial charge >= 0.3 is 0 Å². The zero-order chi connectivity index (χ0) is 17.2. The summed E-state index contributed by atoms with van der Waals surface area (Å²) in [5.41, 5.74) is 0.309. The van der Waals surface area contributed by atoms with Crippen molar-refractivity contribution < 1.29 is 17.6 Å². The molecule has 7 heteroatoms. The highest BCUT2D eigenvalue weighted by atomic mass is 32.2. The molecular weight excluding hydrogens is 331 g/mol. The quantitative estimate of drug-likeness (QED) is 0.924. The van der Waals surface area contributed by atoms with Crippen molar-refractivity contribution in [3.8, 4) is 0 Å². The van der Waals surface area contributed by atoms with Crippen molar-refractivity contribution in [3.05, 3.63) is 60.4 Å². The molecule has 5 nitrogen and oxygen atoms in total. The van der Waals surface area contributed by atoms with Gasteiger partial charge in [0.1, 0.15) is 11.9 Å². The average molecular weight is 348 g/mol. The van der Waals surface area contributed by atoms with Gasteiger partial charge in [-0.1, -0.05) is 24.3 Å². The summed E-state index contributed by atoms with van der Waals surface area (Å²) in [6.45, 7) is 0.290. The van der Waals surface area contributed by atoms with Gasteiger partial charge in [0, 0.05) is 12.2 Å². The van der Waals surface area contributed by atoms with Gasteiger partial charge in [0.2, 0.25) is 15.9 Å².